The molecule has 0 aliphatic rings. The maximum absolute atomic E-state index is 12.9. The monoisotopic (exact) mass is 395 g/mol. The van der Waals surface area contributed by atoms with E-state index in [0.29, 0.717) is 29.3 Å². The third kappa shape index (κ3) is 4.99. The average molecular weight is 395 g/mol. The van der Waals surface area contributed by atoms with E-state index in [1.165, 1.54) is 0 Å². The molecule has 1 N–H and O–H groups in total. The fraction of sp³-hybridized carbons (Fsp3) is 0.364. The molecule has 152 valence electrons. The molecule has 0 saturated heterocycles. The maximum atomic E-state index is 12.9. The first kappa shape index (κ1) is 20.5. The summed E-state index contributed by atoms with van der Waals surface area (Å²) < 4.78 is 10.6. The van der Waals surface area contributed by atoms with Crippen molar-refractivity contribution < 1.29 is 18.8 Å². The van der Waals surface area contributed by atoms with Gasteiger partial charge >= 0.3 is 5.97 Å². The smallest absolute Gasteiger partial charge is 0.340 e. The van der Waals surface area contributed by atoms with Crippen molar-refractivity contribution in [3.05, 3.63) is 52.9 Å². The molecular weight excluding hydrogens is 370 g/mol. The molecule has 0 radical (unpaired) electrons. The molecule has 1 aromatic carbocycles. The number of anilines is 1. The number of aryl methyl sites for hydroxylation is 3. The van der Waals surface area contributed by atoms with Crippen molar-refractivity contribution in [1.82, 2.24) is 10.1 Å². The Morgan fingerprint density at radius 2 is 1.97 bits per heavy atom. The maximum Gasteiger partial charge on any atom is 0.340 e. The molecule has 2 aromatic heterocycles. The van der Waals surface area contributed by atoms with E-state index in [2.05, 4.69) is 15.5 Å². The van der Waals surface area contributed by atoms with Crippen LogP contribution in [0.25, 0.3) is 10.9 Å². The zero-order chi connectivity index (χ0) is 21.0. The average Bonchev–Trinajstić information content (AvgIpc) is 3.09. The predicted octanol–water partition coefficient (Wildman–Crippen LogP) is 4.50. The van der Waals surface area contributed by atoms with Crippen molar-refractivity contribution in [2.75, 3.05) is 5.32 Å². The molecular formula is C22H25N3O4. The van der Waals surface area contributed by atoms with Gasteiger partial charge in [-0.15, -0.1) is 0 Å². The summed E-state index contributed by atoms with van der Waals surface area (Å²) in [6.07, 6.45) is 1.12. The molecule has 7 heteroatoms. The number of amides is 1. The van der Waals surface area contributed by atoms with Crippen LogP contribution < -0.4 is 5.32 Å². The summed E-state index contributed by atoms with van der Waals surface area (Å²) in [4.78, 5) is 30.0. The lowest BCUT2D eigenvalue weighted by Gasteiger charge is -2.17. The summed E-state index contributed by atoms with van der Waals surface area (Å²) in [5.74, 6) is -0.118. The summed E-state index contributed by atoms with van der Waals surface area (Å²) in [7, 11) is 0. The van der Waals surface area contributed by atoms with Crippen molar-refractivity contribution in [2.45, 2.75) is 53.1 Å². The Balaban J connectivity index is 1.81. The molecule has 1 amide bonds. The molecule has 1 atom stereocenters. The molecule has 0 fully saturated rings. The number of carbonyl (C=O) groups is 2. The topological polar surface area (TPSA) is 94.3 Å². The van der Waals surface area contributed by atoms with Gasteiger partial charge in [-0.05, 0) is 51.8 Å². The highest BCUT2D eigenvalue weighted by Gasteiger charge is 2.25. The van der Waals surface area contributed by atoms with Gasteiger partial charge in [0, 0.05) is 11.5 Å². The standard InChI is InChI=1S/C22H25N3O4/c1-5-6-7-19(21(26)24-20-11-14(3)29-25-20)28-22(27)17-12-16-10-13(2)8-9-18(16)23-15(17)4/h8-12,19H,5-7H2,1-4H3,(H,24,25,26). The largest absolute Gasteiger partial charge is 0.449 e. The number of hydrogen-bond acceptors (Lipinski definition) is 6. The van der Waals surface area contributed by atoms with Crippen LogP contribution in [0.2, 0.25) is 0 Å². The summed E-state index contributed by atoms with van der Waals surface area (Å²) in [5, 5.41) is 7.26. The minimum atomic E-state index is -0.924. The van der Waals surface area contributed by atoms with E-state index in [-0.39, 0.29) is 0 Å². The highest BCUT2D eigenvalue weighted by molar-refractivity contribution is 5.99. The predicted molar refractivity (Wildman–Crippen MR) is 110 cm³/mol. The Bertz CT molecular complexity index is 1040. The SMILES string of the molecule is CCCCC(OC(=O)c1cc2cc(C)ccc2nc1C)C(=O)Nc1cc(C)on1. The van der Waals surface area contributed by atoms with Crippen LogP contribution in [0.15, 0.2) is 34.9 Å². The van der Waals surface area contributed by atoms with Crippen LogP contribution in [0, 0.1) is 20.8 Å². The zero-order valence-corrected chi connectivity index (χ0v) is 17.1. The lowest BCUT2D eigenvalue weighted by molar-refractivity contribution is -0.125. The number of esters is 1. The summed E-state index contributed by atoms with van der Waals surface area (Å²) in [6.45, 7) is 7.48. The number of fused-ring (bicyclic) bond motifs is 1. The molecule has 1 unspecified atom stereocenters. The highest BCUT2D eigenvalue weighted by atomic mass is 16.5. The zero-order valence-electron chi connectivity index (χ0n) is 17.1. The normalized spacial score (nSPS) is 12.0. The van der Waals surface area contributed by atoms with Gasteiger partial charge in [0.15, 0.2) is 11.9 Å². The van der Waals surface area contributed by atoms with Crippen molar-refractivity contribution in [3.63, 3.8) is 0 Å². The van der Waals surface area contributed by atoms with Gasteiger partial charge in [0.1, 0.15) is 5.76 Å². The van der Waals surface area contributed by atoms with Gasteiger partial charge in [0.25, 0.3) is 5.91 Å². The van der Waals surface area contributed by atoms with E-state index in [1.54, 1.807) is 26.0 Å². The van der Waals surface area contributed by atoms with E-state index >= 15 is 0 Å². The van der Waals surface area contributed by atoms with Crippen molar-refractivity contribution in [3.8, 4) is 0 Å². The van der Waals surface area contributed by atoms with E-state index < -0.39 is 18.0 Å². The number of nitrogens with one attached hydrogen (secondary N) is 1. The van der Waals surface area contributed by atoms with Crippen LogP contribution in [-0.2, 0) is 9.53 Å². The van der Waals surface area contributed by atoms with Crippen molar-refractivity contribution >= 4 is 28.6 Å². The van der Waals surface area contributed by atoms with E-state index in [1.807, 2.05) is 32.0 Å². The van der Waals surface area contributed by atoms with Gasteiger partial charge in [-0.2, -0.15) is 0 Å². The van der Waals surface area contributed by atoms with Crippen LogP contribution in [0.1, 0.15) is 53.6 Å². The molecule has 7 nitrogen and oxygen atoms in total. The van der Waals surface area contributed by atoms with E-state index in [9.17, 15) is 9.59 Å². The third-order valence-corrected chi connectivity index (χ3v) is 4.62. The van der Waals surface area contributed by atoms with Crippen molar-refractivity contribution in [1.29, 1.82) is 0 Å². The second kappa shape index (κ2) is 8.86. The number of hydrogen-bond donors (Lipinski definition) is 1. The minimum Gasteiger partial charge on any atom is -0.449 e. The first-order valence-corrected chi connectivity index (χ1v) is 9.70. The van der Waals surface area contributed by atoms with Crippen LogP contribution >= 0.6 is 0 Å². The molecule has 2 heterocycles. The fourth-order valence-corrected chi connectivity index (χ4v) is 3.06. The number of pyridine rings is 1. The highest BCUT2D eigenvalue weighted by Crippen LogP contribution is 2.20. The lowest BCUT2D eigenvalue weighted by atomic mass is 10.1. The Kier molecular flexibility index (Phi) is 6.26. The quantitative estimate of drug-likeness (QED) is 0.592. The van der Waals surface area contributed by atoms with Crippen molar-refractivity contribution in [2.24, 2.45) is 0 Å². The van der Waals surface area contributed by atoms with Crippen LogP contribution in [0.5, 0.6) is 0 Å². The number of nitrogens with zero attached hydrogens (tertiary/aromatic N) is 2. The second-order valence-electron chi connectivity index (χ2n) is 7.17. The molecule has 0 saturated carbocycles. The Morgan fingerprint density at radius 1 is 1.17 bits per heavy atom. The first-order valence-electron chi connectivity index (χ1n) is 9.70. The van der Waals surface area contributed by atoms with Gasteiger partial charge < -0.3 is 14.6 Å². The summed E-state index contributed by atoms with van der Waals surface area (Å²) in [6, 6.07) is 9.24. The molecule has 3 aromatic rings. The number of ether oxygens (including phenoxy) is 1. The Morgan fingerprint density at radius 3 is 2.66 bits per heavy atom. The van der Waals surface area contributed by atoms with Gasteiger partial charge in [-0.25, -0.2) is 4.79 Å². The lowest BCUT2D eigenvalue weighted by Crippen LogP contribution is -2.33. The van der Waals surface area contributed by atoms with Gasteiger partial charge in [-0.3, -0.25) is 9.78 Å². The first-order chi connectivity index (χ1) is 13.9. The molecule has 3 rings (SSSR count). The molecule has 0 bridgehead atoms. The molecule has 29 heavy (non-hydrogen) atoms. The fourth-order valence-electron chi connectivity index (χ4n) is 3.06. The number of rotatable bonds is 7. The molecule has 0 aliphatic heterocycles. The van der Waals surface area contributed by atoms with E-state index in [4.69, 9.17) is 9.26 Å². The molecule has 0 aliphatic carbocycles. The van der Waals surface area contributed by atoms with Gasteiger partial charge in [-0.1, -0.05) is 30.1 Å². The van der Waals surface area contributed by atoms with Gasteiger partial charge in [0.2, 0.25) is 0 Å². The number of benzene rings is 1. The number of carbonyl (C=O) groups excluding carboxylic acids is 2. The van der Waals surface area contributed by atoms with Gasteiger partial charge in [0.05, 0.1) is 16.8 Å². The second-order valence-corrected chi connectivity index (χ2v) is 7.17. The summed E-state index contributed by atoms with van der Waals surface area (Å²) >= 11 is 0. The Hall–Kier alpha value is -3.22. The number of aromatic nitrogens is 2. The number of unbranched alkanes of at least 4 members (excludes halogenated alkanes) is 1. The third-order valence-electron chi connectivity index (χ3n) is 4.62. The molecule has 0 spiro atoms. The summed E-state index contributed by atoms with van der Waals surface area (Å²) in [5.41, 5.74) is 2.81. The van der Waals surface area contributed by atoms with Crippen LogP contribution in [0.4, 0.5) is 5.82 Å². The van der Waals surface area contributed by atoms with E-state index in [0.717, 1.165) is 29.3 Å². The minimum absolute atomic E-state index is 0.295. The van der Waals surface area contributed by atoms with Crippen LogP contribution in [0.3, 0.4) is 0 Å². The Labute approximate surface area is 169 Å². The van der Waals surface area contributed by atoms with Crippen LogP contribution in [-0.4, -0.2) is 28.1 Å².